The Morgan fingerprint density at radius 3 is 2.55 bits per heavy atom. The Labute approximate surface area is 121 Å². The van der Waals surface area contributed by atoms with Crippen LogP contribution < -0.4 is 5.32 Å². The first-order chi connectivity index (χ1) is 9.35. The molecule has 5 heteroatoms. The Bertz CT molecular complexity index is 429. The van der Waals surface area contributed by atoms with Crippen molar-refractivity contribution in [2.24, 2.45) is 5.92 Å². The molecule has 1 aromatic rings. The molecule has 1 aliphatic rings. The van der Waals surface area contributed by atoms with Crippen molar-refractivity contribution in [2.45, 2.75) is 71.4 Å². The van der Waals surface area contributed by atoms with Crippen LogP contribution in [0.25, 0.3) is 0 Å². The molecule has 1 aliphatic carbocycles. The van der Waals surface area contributed by atoms with Gasteiger partial charge in [0.25, 0.3) is 0 Å². The molecule has 20 heavy (non-hydrogen) atoms. The van der Waals surface area contributed by atoms with Crippen LogP contribution in [0.4, 0.5) is 6.01 Å². The van der Waals surface area contributed by atoms with Gasteiger partial charge in [-0.3, -0.25) is 0 Å². The molecule has 0 amide bonds. The van der Waals surface area contributed by atoms with Crippen molar-refractivity contribution in [1.29, 1.82) is 0 Å². The third-order valence-corrected chi connectivity index (χ3v) is 3.82. The summed E-state index contributed by atoms with van der Waals surface area (Å²) in [7, 11) is 0. The number of hydrogen-bond acceptors (Lipinski definition) is 5. The van der Waals surface area contributed by atoms with Gasteiger partial charge in [0.05, 0.1) is 0 Å². The molecule has 0 atom stereocenters. The Hall–Kier alpha value is -1.10. The van der Waals surface area contributed by atoms with Gasteiger partial charge < -0.3 is 14.6 Å². The summed E-state index contributed by atoms with van der Waals surface area (Å²) >= 11 is 0. The molecule has 2 rings (SSSR count). The van der Waals surface area contributed by atoms with Crippen molar-refractivity contribution in [3.05, 3.63) is 5.82 Å². The topological polar surface area (TPSA) is 60.2 Å². The summed E-state index contributed by atoms with van der Waals surface area (Å²) in [5, 5.41) is 7.38. The number of nitrogens with one attached hydrogen (secondary N) is 1. The first-order valence-corrected chi connectivity index (χ1v) is 7.61. The van der Waals surface area contributed by atoms with E-state index in [-0.39, 0.29) is 11.1 Å². The van der Waals surface area contributed by atoms with Crippen molar-refractivity contribution >= 4 is 6.01 Å². The van der Waals surface area contributed by atoms with Gasteiger partial charge in [-0.25, -0.2) is 0 Å². The summed E-state index contributed by atoms with van der Waals surface area (Å²) in [4.78, 5) is 4.52. The van der Waals surface area contributed by atoms with Crippen LogP contribution in [0.2, 0.25) is 0 Å². The van der Waals surface area contributed by atoms with Crippen LogP contribution in [-0.2, 0) is 10.3 Å². The molecule has 1 N–H and O–H groups in total. The van der Waals surface area contributed by atoms with Gasteiger partial charge in [0.2, 0.25) is 5.82 Å². The molecule has 0 aromatic carbocycles. The second-order valence-electron chi connectivity index (χ2n) is 6.91. The van der Waals surface area contributed by atoms with Crippen molar-refractivity contribution in [1.82, 2.24) is 10.1 Å². The molecule has 5 nitrogen and oxygen atoms in total. The van der Waals surface area contributed by atoms with Gasteiger partial charge in [-0.1, -0.05) is 12.1 Å². The van der Waals surface area contributed by atoms with E-state index in [1.807, 2.05) is 6.92 Å². The predicted molar refractivity (Wildman–Crippen MR) is 78.6 cm³/mol. The van der Waals surface area contributed by atoms with Crippen LogP contribution in [0.3, 0.4) is 0 Å². The van der Waals surface area contributed by atoms with Gasteiger partial charge in [-0.2, -0.15) is 4.98 Å². The number of ether oxygens (including phenoxy) is 1. The number of aromatic nitrogens is 2. The summed E-state index contributed by atoms with van der Waals surface area (Å²) in [5.74, 6) is 1.45. The van der Waals surface area contributed by atoms with E-state index >= 15 is 0 Å². The molecule has 1 aromatic heterocycles. The smallest absolute Gasteiger partial charge is 0.321 e. The Morgan fingerprint density at radius 1 is 1.35 bits per heavy atom. The first-order valence-electron chi connectivity index (χ1n) is 7.61. The molecule has 1 saturated carbocycles. The minimum absolute atomic E-state index is 0.0936. The van der Waals surface area contributed by atoms with Crippen LogP contribution in [0.1, 0.15) is 66.1 Å². The molecule has 0 aliphatic heterocycles. The maximum Gasteiger partial charge on any atom is 0.321 e. The van der Waals surface area contributed by atoms with Gasteiger partial charge in [0, 0.05) is 12.1 Å². The maximum absolute atomic E-state index is 6.04. The average Bonchev–Trinajstić information content (AvgIpc) is 2.79. The standard InChI is InChI=1S/C15H27N3O2/c1-6-19-15(9-7-11(2)8-10-15)12-16-13(20-18-12)17-14(3,4)5/h11H,6-10H2,1-5H3,(H,16,17,18). The highest BCUT2D eigenvalue weighted by Gasteiger charge is 2.41. The molecule has 0 bridgehead atoms. The molecule has 1 heterocycles. The van der Waals surface area contributed by atoms with Gasteiger partial charge in [0.15, 0.2) is 0 Å². The number of hydrogen-bond donors (Lipinski definition) is 1. The van der Waals surface area contributed by atoms with E-state index in [1.165, 1.54) is 0 Å². The zero-order valence-electron chi connectivity index (χ0n) is 13.3. The lowest BCUT2D eigenvalue weighted by Crippen LogP contribution is -2.35. The largest absolute Gasteiger partial charge is 0.367 e. The highest BCUT2D eigenvalue weighted by Crippen LogP contribution is 2.41. The molecule has 0 saturated heterocycles. The number of anilines is 1. The van der Waals surface area contributed by atoms with Crippen LogP contribution >= 0.6 is 0 Å². The van der Waals surface area contributed by atoms with E-state index in [0.29, 0.717) is 18.4 Å². The molecular weight excluding hydrogens is 254 g/mol. The fourth-order valence-electron chi connectivity index (χ4n) is 2.72. The number of rotatable bonds is 4. The predicted octanol–water partition coefficient (Wildman–Crippen LogP) is 3.72. The summed E-state index contributed by atoms with van der Waals surface area (Å²) in [6.07, 6.45) is 4.24. The lowest BCUT2D eigenvalue weighted by molar-refractivity contribution is -0.0847. The lowest BCUT2D eigenvalue weighted by Gasteiger charge is -2.36. The molecule has 0 unspecified atom stereocenters. The number of nitrogens with zero attached hydrogens (tertiary/aromatic N) is 2. The van der Waals surface area contributed by atoms with Crippen LogP contribution in [0, 0.1) is 5.92 Å². The molecule has 1 fully saturated rings. The summed E-state index contributed by atoms with van der Waals surface area (Å²) in [6, 6.07) is 0.477. The Morgan fingerprint density at radius 2 is 2.00 bits per heavy atom. The second-order valence-corrected chi connectivity index (χ2v) is 6.91. The van der Waals surface area contributed by atoms with Gasteiger partial charge in [-0.15, -0.1) is 0 Å². The van der Waals surface area contributed by atoms with E-state index in [9.17, 15) is 0 Å². The van der Waals surface area contributed by atoms with Crippen LogP contribution in [0.5, 0.6) is 0 Å². The van der Waals surface area contributed by atoms with E-state index in [0.717, 1.165) is 31.6 Å². The molecule has 0 radical (unpaired) electrons. The fraction of sp³-hybridized carbons (Fsp3) is 0.867. The minimum Gasteiger partial charge on any atom is -0.367 e. The van der Waals surface area contributed by atoms with E-state index in [1.54, 1.807) is 0 Å². The molecule has 114 valence electrons. The van der Waals surface area contributed by atoms with Gasteiger partial charge in [-0.05, 0) is 59.3 Å². The Kier molecular flexibility index (Phi) is 4.37. The SMILES string of the molecule is CCOC1(c2noc(NC(C)(C)C)n2)CCC(C)CC1. The Balaban J connectivity index is 2.18. The second kappa shape index (κ2) is 5.72. The third kappa shape index (κ3) is 3.51. The molecular formula is C15H27N3O2. The first kappa shape index (κ1) is 15.3. The van der Waals surface area contributed by atoms with Crippen molar-refractivity contribution in [2.75, 3.05) is 11.9 Å². The minimum atomic E-state index is -0.359. The molecule has 0 spiro atoms. The van der Waals surface area contributed by atoms with E-state index < -0.39 is 0 Å². The van der Waals surface area contributed by atoms with Crippen molar-refractivity contribution in [3.63, 3.8) is 0 Å². The third-order valence-electron chi connectivity index (χ3n) is 3.82. The highest BCUT2D eigenvalue weighted by molar-refractivity contribution is 5.24. The van der Waals surface area contributed by atoms with E-state index in [4.69, 9.17) is 9.26 Å². The normalized spacial score (nSPS) is 27.6. The fourth-order valence-corrected chi connectivity index (χ4v) is 2.72. The highest BCUT2D eigenvalue weighted by atomic mass is 16.5. The summed E-state index contributed by atoms with van der Waals surface area (Å²) < 4.78 is 11.4. The maximum atomic E-state index is 6.04. The summed E-state index contributed by atoms with van der Waals surface area (Å²) in [5.41, 5.74) is -0.452. The van der Waals surface area contributed by atoms with Crippen LogP contribution in [-0.4, -0.2) is 22.3 Å². The van der Waals surface area contributed by atoms with E-state index in [2.05, 4.69) is 43.2 Å². The quantitative estimate of drug-likeness (QED) is 0.911. The van der Waals surface area contributed by atoms with Crippen molar-refractivity contribution < 1.29 is 9.26 Å². The lowest BCUT2D eigenvalue weighted by atomic mass is 9.79. The average molecular weight is 281 g/mol. The van der Waals surface area contributed by atoms with Crippen LogP contribution in [0.15, 0.2) is 4.52 Å². The zero-order chi connectivity index (χ0) is 14.8. The monoisotopic (exact) mass is 281 g/mol. The summed E-state index contributed by atoms with van der Waals surface area (Å²) in [6.45, 7) is 11.2. The van der Waals surface area contributed by atoms with Gasteiger partial charge >= 0.3 is 6.01 Å². The zero-order valence-corrected chi connectivity index (χ0v) is 13.3. The van der Waals surface area contributed by atoms with Crippen molar-refractivity contribution in [3.8, 4) is 0 Å². The van der Waals surface area contributed by atoms with Gasteiger partial charge in [0.1, 0.15) is 5.60 Å².